The average Bonchev–Trinajstić information content (AvgIpc) is 2.95. The van der Waals surface area contributed by atoms with Crippen molar-refractivity contribution in [3.05, 3.63) is 0 Å². The molecule has 2 atom stereocenters. The number of hydrogen-bond donors (Lipinski definition) is 1. The number of carbonyl (C=O) groups is 2. The Morgan fingerprint density at radius 3 is 2.52 bits per heavy atom. The molecule has 2 amide bonds. The van der Waals surface area contributed by atoms with Gasteiger partial charge >= 0.3 is 0 Å². The number of hydrogen-bond acceptors (Lipinski definition) is 4. The van der Waals surface area contributed by atoms with Gasteiger partial charge < -0.3 is 15.5 Å². The molecule has 23 heavy (non-hydrogen) atoms. The maximum atomic E-state index is 12.3. The zero-order valence-corrected chi connectivity index (χ0v) is 15.3. The van der Waals surface area contributed by atoms with Gasteiger partial charge in [0.05, 0.1) is 11.5 Å². The van der Waals surface area contributed by atoms with E-state index in [9.17, 15) is 9.59 Å². The van der Waals surface area contributed by atoms with E-state index in [0.29, 0.717) is 30.0 Å². The first-order valence-electron chi connectivity index (χ1n) is 8.85. The molecule has 132 valence electrons. The second-order valence-corrected chi connectivity index (χ2v) is 8.01. The third-order valence-electron chi connectivity index (χ3n) is 5.28. The third kappa shape index (κ3) is 5.11. The first-order chi connectivity index (χ1) is 11.0. The summed E-state index contributed by atoms with van der Waals surface area (Å²) in [7, 11) is 1.91. The van der Waals surface area contributed by atoms with E-state index in [-0.39, 0.29) is 17.9 Å². The Balaban J connectivity index is 1.69. The number of amides is 2. The molecule has 1 saturated carbocycles. The van der Waals surface area contributed by atoms with Crippen LogP contribution in [-0.4, -0.2) is 65.3 Å². The molecule has 1 aliphatic heterocycles. The Morgan fingerprint density at radius 1 is 1.22 bits per heavy atom. The molecule has 1 heterocycles. The number of carbonyl (C=O) groups excluding carboxylic acids is 2. The van der Waals surface area contributed by atoms with Crippen molar-refractivity contribution in [2.24, 2.45) is 11.7 Å². The Kier molecular flexibility index (Phi) is 7.21. The van der Waals surface area contributed by atoms with Crippen molar-refractivity contribution in [3.8, 4) is 0 Å². The van der Waals surface area contributed by atoms with Crippen LogP contribution in [0.1, 0.15) is 45.4 Å². The van der Waals surface area contributed by atoms with Crippen LogP contribution in [0, 0.1) is 5.92 Å². The number of nitrogens with zero attached hydrogens (tertiary/aromatic N) is 2. The number of thioether (sulfide) groups is 1. The largest absolute Gasteiger partial charge is 0.342 e. The van der Waals surface area contributed by atoms with Crippen LogP contribution >= 0.6 is 11.8 Å². The van der Waals surface area contributed by atoms with Crippen LogP contribution < -0.4 is 5.73 Å². The minimum absolute atomic E-state index is 0.145. The summed E-state index contributed by atoms with van der Waals surface area (Å²) in [6, 6.07) is 0.675. The monoisotopic (exact) mass is 341 g/mol. The quantitative estimate of drug-likeness (QED) is 0.799. The van der Waals surface area contributed by atoms with Gasteiger partial charge in [0.25, 0.3) is 0 Å². The molecule has 6 heteroatoms. The van der Waals surface area contributed by atoms with Gasteiger partial charge in [0.2, 0.25) is 11.8 Å². The summed E-state index contributed by atoms with van der Waals surface area (Å²) in [6.07, 6.45) is 6.98. The lowest BCUT2D eigenvalue weighted by Gasteiger charge is -2.31. The Hall–Kier alpha value is -0.750. The standard InChI is InChI=1S/C17H31N3O2S/c1-13-8-14(9-18)10-20(13)17(22)12-23-11-16(21)19(2)15-6-4-3-5-7-15/h13-15H,3-12,18H2,1-2H3. The molecule has 2 N–H and O–H groups in total. The van der Waals surface area contributed by atoms with E-state index in [1.807, 2.05) is 16.8 Å². The molecule has 1 saturated heterocycles. The Labute approximate surface area is 144 Å². The maximum Gasteiger partial charge on any atom is 0.232 e. The highest BCUT2D eigenvalue weighted by Crippen LogP contribution is 2.24. The van der Waals surface area contributed by atoms with Gasteiger partial charge in [-0.3, -0.25) is 9.59 Å². The van der Waals surface area contributed by atoms with E-state index >= 15 is 0 Å². The van der Waals surface area contributed by atoms with Gasteiger partial charge in [-0.2, -0.15) is 0 Å². The summed E-state index contributed by atoms with van der Waals surface area (Å²) in [4.78, 5) is 28.4. The number of likely N-dealkylation sites (tertiary alicyclic amines) is 1. The zero-order chi connectivity index (χ0) is 16.8. The number of rotatable bonds is 6. The van der Waals surface area contributed by atoms with Crippen molar-refractivity contribution in [3.63, 3.8) is 0 Å². The summed E-state index contributed by atoms with van der Waals surface area (Å²) in [5.41, 5.74) is 5.71. The molecule has 0 spiro atoms. The molecule has 0 radical (unpaired) electrons. The molecular formula is C17H31N3O2S. The summed E-state index contributed by atoms with van der Waals surface area (Å²) in [6.45, 7) is 3.50. The fourth-order valence-electron chi connectivity index (χ4n) is 3.74. The molecule has 5 nitrogen and oxygen atoms in total. The first kappa shape index (κ1) is 18.6. The van der Waals surface area contributed by atoms with Crippen LogP contribution in [0.3, 0.4) is 0 Å². The van der Waals surface area contributed by atoms with E-state index in [0.717, 1.165) is 25.8 Å². The summed E-state index contributed by atoms with van der Waals surface area (Å²) in [5.74, 6) is 1.53. The van der Waals surface area contributed by atoms with Crippen LogP contribution in [0.5, 0.6) is 0 Å². The molecule has 2 fully saturated rings. The van der Waals surface area contributed by atoms with Gasteiger partial charge in [-0.1, -0.05) is 19.3 Å². The van der Waals surface area contributed by atoms with Crippen LogP contribution in [0.15, 0.2) is 0 Å². The van der Waals surface area contributed by atoms with Crippen LogP contribution in [0.2, 0.25) is 0 Å². The highest BCUT2D eigenvalue weighted by molar-refractivity contribution is 8.00. The van der Waals surface area contributed by atoms with E-state index in [1.54, 1.807) is 0 Å². The van der Waals surface area contributed by atoms with Crippen molar-refractivity contribution >= 4 is 23.6 Å². The SMILES string of the molecule is CC1CC(CN)CN1C(=O)CSCC(=O)N(C)C1CCCCC1. The molecule has 0 aromatic heterocycles. The molecule has 0 aromatic carbocycles. The van der Waals surface area contributed by atoms with Gasteiger partial charge in [0, 0.05) is 25.7 Å². The van der Waals surface area contributed by atoms with E-state index in [4.69, 9.17) is 5.73 Å². The third-order valence-corrected chi connectivity index (χ3v) is 6.18. The fraction of sp³-hybridized carbons (Fsp3) is 0.882. The van der Waals surface area contributed by atoms with Crippen LogP contribution in [0.25, 0.3) is 0 Å². The molecule has 2 rings (SSSR count). The molecule has 0 bridgehead atoms. The lowest BCUT2D eigenvalue weighted by Crippen LogP contribution is -2.40. The van der Waals surface area contributed by atoms with Crippen LogP contribution in [-0.2, 0) is 9.59 Å². The molecule has 1 aliphatic carbocycles. The summed E-state index contributed by atoms with van der Waals surface area (Å²) in [5, 5.41) is 0. The highest BCUT2D eigenvalue weighted by atomic mass is 32.2. The fourth-order valence-corrected chi connectivity index (χ4v) is 4.56. The Bertz CT molecular complexity index is 413. The Morgan fingerprint density at radius 2 is 1.91 bits per heavy atom. The molecular weight excluding hydrogens is 310 g/mol. The lowest BCUT2D eigenvalue weighted by atomic mass is 9.94. The van der Waals surface area contributed by atoms with Crippen LogP contribution in [0.4, 0.5) is 0 Å². The van der Waals surface area contributed by atoms with E-state index in [2.05, 4.69) is 6.92 Å². The zero-order valence-electron chi connectivity index (χ0n) is 14.5. The summed E-state index contributed by atoms with van der Waals surface area (Å²) >= 11 is 1.45. The van der Waals surface area contributed by atoms with Crippen molar-refractivity contribution in [2.75, 3.05) is 31.6 Å². The smallest absolute Gasteiger partial charge is 0.232 e. The molecule has 2 unspecified atom stereocenters. The van der Waals surface area contributed by atoms with Gasteiger partial charge in [0.15, 0.2) is 0 Å². The van der Waals surface area contributed by atoms with Crippen molar-refractivity contribution in [1.82, 2.24) is 9.80 Å². The average molecular weight is 342 g/mol. The predicted molar refractivity (Wildman–Crippen MR) is 95.3 cm³/mol. The van der Waals surface area contributed by atoms with E-state index in [1.165, 1.54) is 31.0 Å². The van der Waals surface area contributed by atoms with Crippen molar-refractivity contribution in [1.29, 1.82) is 0 Å². The van der Waals surface area contributed by atoms with Crippen molar-refractivity contribution < 1.29 is 9.59 Å². The van der Waals surface area contributed by atoms with Gasteiger partial charge in [-0.15, -0.1) is 11.8 Å². The van der Waals surface area contributed by atoms with E-state index < -0.39 is 0 Å². The van der Waals surface area contributed by atoms with Gasteiger partial charge in [-0.25, -0.2) is 0 Å². The van der Waals surface area contributed by atoms with Gasteiger partial charge in [-0.05, 0) is 38.6 Å². The second-order valence-electron chi connectivity index (χ2n) is 7.02. The topological polar surface area (TPSA) is 66.6 Å². The maximum absolute atomic E-state index is 12.3. The first-order valence-corrected chi connectivity index (χ1v) is 10.0. The minimum atomic E-state index is 0.145. The molecule has 2 aliphatic rings. The molecule has 0 aromatic rings. The number of nitrogens with two attached hydrogens (primary N) is 1. The predicted octanol–water partition coefficient (Wildman–Crippen LogP) is 1.71. The van der Waals surface area contributed by atoms with Gasteiger partial charge in [0.1, 0.15) is 0 Å². The summed E-state index contributed by atoms with van der Waals surface area (Å²) < 4.78 is 0. The minimum Gasteiger partial charge on any atom is -0.342 e. The second kappa shape index (κ2) is 8.92. The highest BCUT2D eigenvalue weighted by Gasteiger charge is 2.31. The van der Waals surface area contributed by atoms with Crippen molar-refractivity contribution in [2.45, 2.75) is 57.5 Å². The normalized spacial score (nSPS) is 25.6. The lowest BCUT2D eigenvalue weighted by molar-refractivity contribution is -0.129.